The van der Waals surface area contributed by atoms with E-state index in [1.165, 1.54) is 24.5 Å². The van der Waals surface area contributed by atoms with Gasteiger partial charge in [-0.25, -0.2) is 0 Å². The summed E-state index contributed by atoms with van der Waals surface area (Å²) in [5.74, 6) is 3.71. The zero-order valence-electron chi connectivity index (χ0n) is 9.89. The number of rotatable bonds is 1. The Hall–Kier alpha value is -0.900. The van der Waals surface area contributed by atoms with Crippen molar-refractivity contribution in [3.8, 4) is 0 Å². The van der Waals surface area contributed by atoms with Crippen molar-refractivity contribution >= 4 is 0 Å². The molecule has 3 rings (SSSR count). The van der Waals surface area contributed by atoms with Crippen LogP contribution in [0.3, 0.4) is 0 Å². The summed E-state index contributed by atoms with van der Waals surface area (Å²) in [4.78, 5) is 0. The molecule has 2 heterocycles. The standard InChI is InChI=1S/C12H20N4/c1-8-4-5-16-11(6-8)14-15-12(16)9-2-3-10(13)7-9/h8-10H,2-7,13H2,1H3/t8?,9-,10+/m1/s1. The van der Waals surface area contributed by atoms with Gasteiger partial charge >= 0.3 is 0 Å². The first kappa shape index (κ1) is 10.3. The quantitative estimate of drug-likeness (QED) is 0.779. The fourth-order valence-electron chi connectivity index (χ4n) is 3.06. The van der Waals surface area contributed by atoms with Crippen LogP contribution in [0.1, 0.15) is 50.2 Å². The highest BCUT2D eigenvalue weighted by atomic mass is 15.3. The zero-order chi connectivity index (χ0) is 11.1. The molecule has 1 aliphatic heterocycles. The number of nitrogens with two attached hydrogens (primary N) is 1. The van der Waals surface area contributed by atoms with Gasteiger partial charge in [-0.15, -0.1) is 10.2 Å². The SMILES string of the molecule is CC1CCn2c(nnc2[C@@H]2CC[C@H](N)C2)C1. The summed E-state index contributed by atoms with van der Waals surface area (Å²) in [5, 5.41) is 8.76. The maximum absolute atomic E-state index is 5.97. The van der Waals surface area contributed by atoms with Crippen molar-refractivity contribution in [1.29, 1.82) is 0 Å². The summed E-state index contributed by atoms with van der Waals surface area (Å²) >= 11 is 0. The van der Waals surface area contributed by atoms with Gasteiger partial charge in [0.25, 0.3) is 0 Å². The third kappa shape index (κ3) is 1.65. The molecular formula is C12H20N4. The second-order valence-electron chi connectivity index (χ2n) is 5.49. The minimum Gasteiger partial charge on any atom is -0.328 e. The predicted molar refractivity (Wildman–Crippen MR) is 62.1 cm³/mol. The van der Waals surface area contributed by atoms with Crippen LogP contribution >= 0.6 is 0 Å². The van der Waals surface area contributed by atoms with E-state index in [9.17, 15) is 0 Å². The molecule has 1 saturated carbocycles. The highest BCUT2D eigenvalue weighted by Crippen LogP contribution is 2.34. The molecule has 2 aliphatic rings. The Balaban J connectivity index is 1.86. The summed E-state index contributed by atoms with van der Waals surface area (Å²) in [5.41, 5.74) is 5.97. The third-order valence-corrected chi connectivity index (χ3v) is 4.07. The normalized spacial score (nSPS) is 34.0. The van der Waals surface area contributed by atoms with Crippen LogP contribution < -0.4 is 5.73 Å². The fraction of sp³-hybridized carbons (Fsp3) is 0.833. The molecule has 0 radical (unpaired) electrons. The first-order valence-corrected chi connectivity index (χ1v) is 6.41. The van der Waals surface area contributed by atoms with Gasteiger partial charge in [-0.1, -0.05) is 6.92 Å². The Bertz CT molecular complexity index is 384. The van der Waals surface area contributed by atoms with Crippen molar-refractivity contribution in [2.45, 2.75) is 57.5 Å². The van der Waals surface area contributed by atoms with Crippen molar-refractivity contribution in [3.05, 3.63) is 11.6 Å². The van der Waals surface area contributed by atoms with Gasteiger partial charge in [-0.3, -0.25) is 0 Å². The Morgan fingerprint density at radius 1 is 1.25 bits per heavy atom. The van der Waals surface area contributed by atoms with E-state index < -0.39 is 0 Å². The van der Waals surface area contributed by atoms with E-state index in [2.05, 4.69) is 21.7 Å². The summed E-state index contributed by atoms with van der Waals surface area (Å²) in [6.45, 7) is 3.40. The van der Waals surface area contributed by atoms with Crippen LogP contribution in [0.5, 0.6) is 0 Å². The minimum atomic E-state index is 0.375. The first-order chi connectivity index (χ1) is 7.74. The van der Waals surface area contributed by atoms with E-state index in [0.717, 1.165) is 31.7 Å². The van der Waals surface area contributed by atoms with Crippen LogP contribution in [0.4, 0.5) is 0 Å². The minimum absolute atomic E-state index is 0.375. The van der Waals surface area contributed by atoms with Gasteiger partial charge in [0.1, 0.15) is 11.6 Å². The highest BCUT2D eigenvalue weighted by Gasteiger charge is 2.29. The average Bonchev–Trinajstić information content (AvgIpc) is 2.83. The molecule has 16 heavy (non-hydrogen) atoms. The number of nitrogens with zero attached hydrogens (tertiary/aromatic N) is 3. The lowest BCUT2D eigenvalue weighted by atomic mass is 9.99. The van der Waals surface area contributed by atoms with Crippen molar-refractivity contribution in [2.24, 2.45) is 11.7 Å². The van der Waals surface area contributed by atoms with Gasteiger partial charge < -0.3 is 10.3 Å². The van der Waals surface area contributed by atoms with Crippen LogP contribution in [0.15, 0.2) is 0 Å². The average molecular weight is 220 g/mol. The van der Waals surface area contributed by atoms with E-state index in [1.807, 2.05) is 0 Å². The second-order valence-corrected chi connectivity index (χ2v) is 5.49. The Labute approximate surface area is 96.2 Å². The van der Waals surface area contributed by atoms with E-state index >= 15 is 0 Å². The number of fused-ring (bicyclic) bond motifs is 1. The zero-order valence-corrected chi connectivity index (χ0v) is 9.89. The van der Waals surface area contributed by atoms with Crippen LogP contribution in [-0.2, 0) is 13.0 Å². The Morgan fingerprint density at radius 3 is 2.88 bits per heavy atom. The van der Waals surface area contributed by atoms with Gasteiger partial charge in [0.2, 0.25) is 0 Å². The van der Waals surface area contributed by atoms with Crippen LogP contribution in [-0.4, -0.2) is 20.8 Å². The van der Waals surface area contributed by atoms with E-state index in [4.69, 9.17) is 5.73 Å². The molecule has 0 saturated heterocycles. The van der Waals surface area contributed by atoms with Crippen LogP contribution in [0.25, 0.3) is 0 Å². The van der Waals surface area contributed by atoms with E-state index in [0.29, 0.717) is 12.0 Å². The molecule has 0 aromatic carbocycles. The maximum atomic E-state index is 5.97. The van der Waals surface area contributed by atoms with Gasteiger partial charge in [0.05, 0.1) is 0 Å². The lowest BCUT2D eigenvalue weighted by Gasteiger charge is -2.21. The molecule has 88 valence electrons. The van der Waals surface area contributed by atoms with Crippen molar-refractivity contribution < 1.29 is 0 Å². The smallest absolute Gasteiger partial charge is 0.136 e. The van der Waals surface area contributed by atoms with E-state index in [-0.39, 0.29) is 0 Å². The molecule has 0 spiro atoms. The monoisotopic (exact) mass is 220 g/mol. The summed E-state index contributed by atoms with van der Waals surface area (Å²) in [7, 11) is 0. The number of aromatic nitrogens is 3. The lowest BCUT2D eigenvalue weighted by Crippen LogP contribution is -2.20. The summed E-state index contributed by atoms with van der Waals surface area (Å²) in [6.07, 6.45) is 5.77. The van der Waals surface area contributed by atoms with Gasteiger partial charge in [-0.05, 0) is 31.6 Å². The number of hydrogen-bond acceptors (Lipinski definition) is 3. The molecular weight excluding hydrogens is 200 g/mol. The molecule has 1 fully saturated rings. The predicted octanol–water partition coefficient (Wildman–Crippen LogP) is 1.46. The maximum Gasteiger partial charge on any atom is 0.136 e. The van der Waals surface area contributed by atoms with Crippen molar-refractivity contribution in [3.63, 3.8) is 0 Å². The van der Waals surface area contributed by atoms with Gasteiger partial charge in [-0.2, -0.15) is 0 Å². The summed E-state index contributed by atoms with van der Waals surface area (Å²) < 4.78 is 2.35. The molecule has 1 unspecified atom stereocenters. The number of hydrogen-bond donors (Lipinski definition) is 1. The molecule has 1 aliphatic carbocycles. The third-order valence-electron chi connectivity index (χ3n) is 4.07. The topological polar surface area (TPSA) is 56.7 Å². The molecule has 0 amide bonds. The summed E-state index contributed by atoms with van der Waals surface area (Å²) in [6, 6.07) is 0.375. The molecule has 0 bridgehead atoms. The first-order valence-electron chi connectivity index (χ1n) is 6.41. The molecule has 2 N–H and O–H groups in total. The Kier molecular flexibility index (Phi) is 2.46. The molecule has 4 heteroatoms. The molecule has 1 aromatic rings. The Morgan fingerprint density at radius 2 is 2.12 bits per heavy atom. The van der Waals surface area contributed by atoms with Crippen LogP contribution in [0.2, 0.25) is 0 Å². The second kappa shape index (κ2) is 3.84. The molecule has 3 atom stereocenters. The largest absolute Gasteiger partial charge is 0.328 e. The van der Waals surface area contributed by atoms with Gasteiger partial charge in [0, 0.05) is 24.9 Å². The van der Waals surface area contributed by atoms with Crippen LogP contribution in [0, 0.1) is 5.92 Å². The van der Waals surface area contributed by atoms with E-state index in [1.54, 1.807) is 0 Å². The molecule has 1 aromatic heterocycles. The fourth-order valence-corrected chi connectivity index (χ4v) is 3.06. The lowest BCUT2D eigenvalue weighted by molar-refractivity contribution is 0.396. The van der Waals surface area contributed by atoms with Gasteiger partial charge in [0.15, 0.2) is 0 Å². The van der Waals surface area contributed by atoms with Crippen molar-refractivity contribution in [1.82, 2.24) is 14.8 Å². The molecule has 4 nitrogen and oxygen atoms in total. The van der Waals surface area contributed by atoms with Crippen molar-refractivity contribution in [2.75, 3.05) is 0 Å². The highest BCUT2D eigenvalue weighted by molar-refractivity contribution is 5.07.